The molecule has 0 amide bonds. The highest BCUT2D eigenvalue weighted by atomic mass is 16.7. The van der Waals surface area contributed by atoms with E-state index in [0.29, 0.717) is 12.2 Å². The van der Waals surface area contributed by atoms with Crippen LogP contribution in [0.25, 0.3) is 0 Å². The number of nitrogens with zero attached hydrogens (tertiary/aromatic N) is 1. The number of fused-ring (bicyclic) bond motifs is 1. The van der Waals surface area contributed by atoms with Gasteiger partial charge in [-0.1, -0.05) is 41.5 Å². The summed E-state index contributed by atoms with van der Waals surface area (Å²) in [7, 11) is 0. The van der Waals surface area contributed by atoms with Gasteiger partial charge in [0.1, 0.15) is 0 Å². The molecule has 1 aromatic rings. The largest absolute Gasteiger partial charge is 0.453 e. The summed E-state index contributed by atoms with van der Waals surface area (Å²) < 4.78 is 11.1. The number of hydrogen-bond donors (Lipinski definition) is 0. The Morgan fingerprint density at radius 2 is 1.79 bits per heavy atom. The van der Waals surface area contributed by atoms with Crippen molar-refractivity contribution in [3.63, 3.8) is 0 Å². The third kappa shape index (κ3) is 3.40. The molecule has 0 aromatic carbocycles. The van der Waals surface area contributed by atoms with E-state index >= 15 is 0 Å². The molecule has 0 N–H and O–H groups in total. The lowest BCUT2D eigenvalue weighted by atomic mass is 9.88. The molecule has 2 rings (SSSR count). The second kappa shape index (κ2) is 4.69. The molecule has 0 atom stereocenters. The zero-order valence-corrected chi connectivity index (χ0v) is 13.0. The van der Waals surface area contributed by atoms with Crippen molar-refractivity contribution in [1.82, 2.24) is 4.98 Å². The summed E-state index contributed by atoms with van der Waals surface area (Å²) in [6, 6.07) is 2.02. The van der Waals surface area contributed by atoms with Gasteiger partial charge in [-0.25, -0.2) is 0 Å². The minimum Gasteiger partial charge on any atom is -0.453 e. The molecule has 19 heavy (non-hydrogen) atoms. The fraction of sp³-hybridized carbons (Fsp3) is 0.688. The third-order valence-corrected chi connectivity index (χ3v) is 3.31. The fourth-order valence-electron chi connectivity index (χ4n) is 2.02. The van der Waals surface area contributed by atoms with E-state index in [1.807, 2.05) is 6.07 Å². The highest BCUT2D eigenvalue weighted by Crippen LogP contribution is 2.39. The molecule has 106 valence electrons. The Labute approximate surface area is 116 Å². The number of rotatable bonds is 2. The first kappa shape index (κ1) is 14.2. The molecule has 3 heteroatoms. The number of aromatic nitrogens is 1. The third-order valence-electron chi connectivity index (χ3n) is 3.31. The van der Waals surface area contributed by atoms with Crippen LogP contribution in [0.5, 0.6) is 11.5 Å². The molecule has 1 aliphatic heterocycles. The van der Waals surface area contributed by atoms with E-state index in [-0.39, 0.29) is 5.41 Å². The molecule has 0 aliphatic carbocycles. The molecule has 0 fully saturated rings. The van der Waals surface area contributed by atoms with Gasteiger partial charge in [0, 0.05) is 17.2 Å². The summed E-state index contributed by atoms with van der Waals surface area (Å²) >= 11 is 0. The van der Waals surface area contributed by atoms with Gasteiger partial charge in [-0.2, -0.15) is 0 Å². The molecule has 0 radical (unpaired) electrons. The lowest BCUT2D eigenvalue weighted by Crippen LogP contribution is -2.15. The van der Waals surface area contributed by atoms with Crippen LogP contribution in [0.4, 0.5) is 0 Å². The molecule has 0 saturated heterocycles. The average molecular weight is 263 g/mol. The maximum atomic E-state index is 5.58. The van der Waals surface area contributed by atoms with Gasteiger partial charge in [-0.3, -0.25) is 4.98 Å². The first-order chi connectivity index (χ1) is 8.67. The Morgan fingerprint density at radius 3 is 2.37 bits per heavy atom. The maximum absolute atomic E-state index is 5.58. The molecule has 3 nitrogen and oxygen atoms in total. The normalized spacial score (nSPS) is 14.8. The molecule has 1 aromatic heterocycles. The molecule has 0 bridgehead atoms. The van der Waals surface area contributed by atoms with E-state index in [0.717, 1.165) is 35.7 Å². The van der Waals surface area contributed by atoms with Gasteiger partial charge in [0.15, 0.2) is 11.5 Å². The zero-order valence-electron chi connectivity index (χ0n) is 13.0. The number of ether oxygens (including phenoxy) is 2. The molecule has 0 spiro atoms. The van der Waals surface area contributed by atoms with Gasteiger partial charge in [0.25, 0.3) is 0 Å². The molecular formula is C16H25NO2. The van der Waals surface area contributed by atoms with Crippen LogP contribution in [0.15, 0.2) is 6.07 Å². The van der Waals surface area contributed by atoms with Crippen molar-refractivity contribution in [2.24, 2.45) is 5.41 Å². The number of pyridine rings is 1. The lowest BCUT2D eigenvalue weighted by molar-refractivity contribution is 0.173. The van der Waals surface area contributed by atoms with Gasteiger partial charge < -0.3 is 9.47 Å². The topological polar surface area (TPSA) is 31.4 Å². The minimum atomic E-state index is 0.0253. The van der Waals surface area contributed by atoms with Crippen LogP contribution in [-0.2, 0) is 11.8 Å². The zero-order chi connectivity index (χ0) is 14.3. The summed E-state index contributed by atoms with van der Waals surface area (Å²) in [6.07, 6.45) is 2.02. The molecule has 0 saturated carbocycles. The van der Waals surface area contributed by atoms with Crippen LogP contribution in [-0.4, -0.2) is 11.8 Å². The quantitative estimate of drug-likeness (QED) is 0.805. The van der Waals surface area contributed by atoms with Crippen molar-refractivity contribution in [2.45, 2.75) is 59.8 Å². The second-order valence-electron chi connectivity index (χ2n) is 7.50. The van der Waals surface area contributed by atoms with Crippen LogP contribution < -0.4 is 9.47 Å². The fourth-order valence-corrected chi connectivity index (χ4v) is 2.02. The van der Waals surface area contributed by atoms with Gasteiger partial charge in [-0.15, -0.1) is 0 Å². The van der Waals surface area contributed by atoms with Crippen LogP contribution in [0.1, 0.15) is 59.4 Å². The van der Waals surface area contributed by atoms with Crippen molar-refractivity contribution < 1.29 is 9.47 Å². The van der Waals surface area contributed by atoms with Crippen molar-refractivity contribution in [2.75, 3.05) is 6.79 Å². The average Bonchev–Trinajstić information content (AvgIpc) is 2.71. The predicted octanol–water partition coefficient (Wildman–Crippen LogP) is 4.09. The van der Waals surface area contributed by atoms with E-state index in [9.17, 15) is 0 Å². The number of hydrogen-bond acceptors (Lipinski definition) is 3. The Balaban J connectivity index is 2.33. The Kier molecular flexibility index (Phi) is 3.50. The molecule has 0 unspecified atom stereocenters. The molecular weight excluding hydrogens is 238 g/mol. The summed E-state index contributed by atoms with van der Waals surface area (Å²) in [4.78, 5) is 4.81. The highest BCUT2D eigenvalue weighted by Gasteiger charge is 2.26. The predicted molar refractivity (Wildman–Crippen MR) is 76.8 cm³/mol. The molecule has 1 aliphatic rings. The standard InChI is InChI=1S/C16H25NO2/c1-15(2,3)8-7-11-14-12(18-10-19-14)9-13(17-11)16(4,5)6/h9H,7-8,10H2,1-6H3. The van der Waals surface area contributed by atoms with Gasteiger partial charge in [-0.05, 0) is 18.3 Å². The summed E-state index contributed by atoms with van der Waals surface area (Å²) in [5.74, 6) is 1.70. The van der Waals surface area contributed by atoms with Gasteiger partial charge in [0.05, 0.1) is 5.69 Å². The van der Waals surface area contributed by atoms with Crippen LogP contribution in [0.2, 0.25) is 0 Å². The summed E-state index contributed by atoms with van der Waals surface area (Å²) in [5, 5.41) is 0. The lowest BCUT2D eigenvalue weighted by Gasteiger charge is -2.21. The van der Waals surface area contributed by atoms with Crippen molar-refractivity contribution in [3.05, 3.63) is 17.5 Å². The first-order valence-electron chi connectivity index (χ1n) is 6.97. The Morgan fingerprint density at radius 1 is 1.11 bits per heavy atom. The van der Waals surface area contributed by atoms with E-state index in [1.165, 1.54) is 0 Å². The van der Waals surface area contributed by atoms with Gasteiger partial charge >= 0.3 is 0 Å². The first-order valence-corrected chi connectivity index (χ1v) is 6.97. The van der Waals surface area contributed by atoms with Crippen molar-refractivity contribution in [1.29, 1.82) is 0 Å². The van der Waals surface area contributed by atoms with E-state index in [4.69, 9.17) is 14.5 Å². The highest BCUT2D eigenvalue weighted by molar-refractivity contribution is 5.47. The second-order valence-corrected chi connectivity index (χ2v) is 7.50. The Hall–Kier alpha value is -1.25. The van der Waals surface area contributed by atoms with Crippen LogP contribution in [0.3, 0.4) is 0 Å². The van der Waals surface area contributed by atoms with Crippen molar-refractivity contribution >= 4 is 0 Å². The minimum absolute atomic E-state index is 0.0253. The van der Waals surface area contributed by atoms with E-state index in [2.05, 4.69) is 41.5 Å². The summed E-state index contributed by atoms with van der Waals surface area (Å²) in [5.41, 5.74) is 2.43. The maximum Gasteiger partial charge on any atom is 0.231 e. The van der Waals surface area contributed by atoms with Crippen molar-refractivity contribution in [3.8, 4) is 11.5 Å². The SMILES string of the molecule is CC(C)(C)CCc1nc(C(C)(C)C)cc2c1OCO2. The molecule has 2 heterocycles. The van der Waals surface area contributed by atoms with Crippen LogP contribution in [0, 0.1) is 5.41 Å². The monoisotopic (exact) mass is 263 g/mol. The van der Waals surface area contributed by atoms with Gasteiger partial charge in [0.2, 0.25) is 6.79 Å². The Bertz CT molecular complexity index is 467. The van der Waals surface area contributed by atoms with Crippen LogP contribution >= 0.6 is 0 Å². The van der Waals surface area contributed by atoms with E-state index in [1.54, 1.807) is 0 Å². The van der Waals surface area contributed by atoms with E-state index < -0.39 is 0 Å². The summed E-state index contributed by atoms with van der Waals surface area (Å²) in [6.45, 7) is 13.6. The number of aryl methyl sites for hydroxylation is 1. The smallest absolute Gasteiger partial charge is 0.231 e.